The fraction of sp³-hybridized carbons (Fsp3) is 0.417. The molecule has 1 aromatic carbocycles. The molecule has 1 aliphatic heterocycles. The summed E-state index contributed by atoms with van der Waals surface area (Å²) in [6.45, 7) is 0.394. The fourth-order valence-corrected chi connectivity index (χ4v) is 4.67. The Bertz CT molecular complexity index is 754. The van der Waals surface area contributed by atoms with Crippen LogP contribution in [0.3, 0.4) is 0 Å². The second-order valence-electron chi connectivity index (χ2n) is 4.95. The van der Waals surface area contributed by atoms with Gasteiger partial charge in [-0.25, -0.2) is 8.42 Å². The minimum atomic E-state index is -2.90. The molecule has 0 bridgehead atoms. The summed E-state index contributed by atoms with van der Waals surface area (Å²) in [5.41, 5.74) is 1.99. The Hall–Kier alpha value is -1.54. The Kier molecular flexibility index (Phi) is 3.43. The van der Waals surface area contributed by atoms with Crippen LogP contribution in [0.25, 0.3) is 11.0 Å². The van der Waals surface area contributed by atoms with E-state index in [-0.39, 0.29) is 23.3 Å². The van der Waals surface area contributed by atoms with Crippen LogP contribution in [0.5, 0.6) is 0 Å². The molecule has 0 spiro atoms. The van der Waals surface area contributed by atoms with Crippen molar-refractivity contribution < 1.29 is 13.2 Å². The number of aromatic nitrogens is 2. The maximum Gasteiger partial charge on any atom is 0.251 e. The van der Waals surface area contributed by atoms with Gasteiger partial charge in [0.25, 0.3) is 5.91 Å². The smallest absolute Gasteiger partial charge is 0.251 e. The number of benzene rings is 1. The highest BCUT2D eigenvalue weighted by Gasteiger charge is 2.27. The molecule has 0 radical (unpaired) electrons. The van der Waals surface area contributed by atoms with Gasteiger partial charge in [-0.05, 0) is 30.5 Å². The number of hydrogen-bond acceptors (Lipinski definition) is 6. The third kappa shape index (κ3) is 2.80. The number of rotatable bonds is 3. The van der Waals surface area contributed by atoms with Crippen LogP contribution in [0.1, 0.15) is 16.8 Å². The average molecular weight is 311 g/mol. The van der Waals surface area contributed by atoms with Gasteiger partial charge in [0.1, 0.15) is 11.0 Å². The van der Waals surface area contributed by atoms with Crippen molar-refractivity contribution in [2.75, 3.05) is 18.1 Å². The number of carbonyl (C=O) groups is 1. The number of hydrogen-bond donors (Lipinski definition) is 1. The SMILES string of the molecule is O=C(NC[C@H]1CCS(=O)(=O)C1)c1ccc2nsnc2c1. The monoisotopic (exact) mass is 311 g/mol. The molecule has 6 nitrogen and oxygen atoms in total. The molecule has 20 heavy (non-hydrogen) atoms. The normalized spacial score (nSPS) is 21.1. The van der Waals surface area contributed by atoms with Gasteiger partial charge in [-0.15, -0.1) is 0 Å². The van der Waals surface area contributed by atoms with Gasteiger partial charge < -0.3 is 5.32 Å². The highest BCUT2D eigenvalue weighted by atomic mass is 32.2. The lowest BCUT2D eigenvalue weighted by atomic mass is 10.1. The van der Waals surface area contributed by atoms with E-state index in [2.05, 4.69) is 14.1 Å². The molecule has 1 aromatic heterocycles. The molecule has 1 N–H and O–H groups in total. The number of fused-ring (bicyclic) bond motifs is 1. The van der Waals surface area contributed by atoms with E-state index in [1.807, 2.05) is 0 Å². The van der Waals surface area contributed by atoms with E-state index in [0.717, 1.165) is 17.2 Å². The first-order valence-corrected chi connectivity index (χ1v) is 8.80. The first-order chi connectivity index (χ1) is 9.53. The molecule has 1 aliphatic rings. The Balaban J connectivity index is 1.64. The Morgan fingerprint density at radius 1 is 1.35 bits per heavy atom. The maximum atomic E-state index is 12.0. The number of carbonyl (C=O) groups excluding carboxylic acids is 1. The summed E-state index contributed by atoms with van der Waals surface area (Å²) in [4.78, 5) is 12.0. The molecule has 1 atom stereocenters. The van der Waals surface area contributed by atoms with Crippen LogP contribution < -0.4 is 5.32 Å². The predicted octanol–water partition coefficient (Wildman–Crippen LogP) is 0.856. The van der Waals surface area contributed by atoms with Crippen molar-refractivity contribution in [3.63, 3.8) is 0 Å². The summed E-state index contributed by atoms with van der Waals surface area (Å²) in [7, 11) is -2.90. The Labute approximate surface area is 120 Å². The van der Waals surface area contributed by atoms with Gasteiger partial charge in [-0.2, -0.15) is 8.75 Å². The van der Waals surface area contributed by atoms with Crippen LogP contribution >= 0.6 is 11.7 Å². The Morgan fingerprint density at radius 2 is 2.15 bits per heavy atom. The van der Waals surface area contributed by atoms with Gasteiger partial charge in [0.2, 0.25) is 0 Å². The highest BCUT2D eigenvalue weighted by molar-refractivity contribution is 7.91. The number of sulfone groups is 1. The van der Waals surface area contributed by atoms with Crippen molar-refractivity contribution in [3.05, 3.63) is 23.8 Å². The predicted molar refractivity (Wildman–Crippen MR) is 76.5 cm³/mol. The van der Waals surface area contributed by atoms with Gasteiger partial charge in [-0.1, -0.05) is 0 Å². The van der Waals surface area contributed by atoms with Gasteiger partial charge in [-0.3, -0.25) is 4.79 Å². The number of nitrogens with zero attached hydrogens (tertiary/aromatic N) is 2. The van der Waals surface area contributed by atoms with E-state index in [1.54, 1.807) is 18.2 Å². The molecule has 2 heterocycles. The number of nitrogens with one attached hydrogen (secondary N) is 1. The fourth-order valence-electron chi connectivity index (χ4n) is 2.30. The summed E-state index contributed by atoms with van der Waals surface area (Å²) >= 11 is 1.11. The first-order valence-electron chi connectivity index (χ1n) is 6.24. The van der Waals surface area contributed by atoms with Crippen molar-refractivity contribution in [1.82, 2.24) is 14.1 Å². The van der Waals surface area contributed by atoms with Gasteiger partial charge >= 0.3 is 0 Å². The highest BCUT2D eigenvalue weighted by Crippen LogP contribution is 2.18. The maximum absolute atomic E-state index is 12.0. The van der Waals surface area contributed by atoms with Gasteiger partial charge in [0.05, 0.1) is 23.2 Å². The number of amides is 1. The van der Waals surface area contributed by atoms with Crippen molar-refractivity contribution in [1.29, 1.82) is 0 Å². The van der Waals surface area contributed by atoms with Crippen LogP contribution in [-0.2, 0) is 9.84 Å². The molecular weight excluding hydrogens is 298 g/mol. The molecule has 3 rings (SSSR count). The summed E-state index contributed by atoms with van der Waals surface area (Å²) in [6.07, 6.45) is 0.623. The molecule has 106 valence electrons. The third-order valence-corrected chi connectivity index (χ3v) is 5.79. The standard InChI is InChI=1S/C12H13N3O3S2/c16-12(13-6-8-3-4-20(17,18)7-8)9-1-2-10-11(5-9)15-19-14-10/h1-2,5,8H,3-4,6-7H2,(H,13,16)/t8-/m1/s1. The van der Waals surface area contributed by atoms with Crippen molar-refractivity contribution >= 4 is 38.5 Å². The van der Waals surface area contributed by atoms with E-state index >= 15 is 0 Å². The summed E-state index contributed by atoms with van der Waals surface area (Å²) in [5.74, 6) is 0.213. The molecule has 0 unspecified atom stereocenters. The molecule has 1 saturated heterocycles. The average Bonchev–Trinajstić information content (AvgIpc) is 3.01. The first kappa shape index (κ1) is 13.4. The van der Waals surface area contributed by atoms with Crippen LogP contribution in [0, 0.1) is 5.92 Å². The topological polar surface area (TPSA) is 89.0 Å². The zero-order valence-corrected chi connectivity index (χ0v) is 12.2. The van der Waals surface area contributed by atoms with E-state index in [0.29, 0.717) is 24.0 Å². The van der Waals surface area contributed by atoms with Crippen LogP contribution in [0.4, 0.5) is 0 Å². The largest absolute Gasteiger partial charge is 0.352 e. The molecule has 1 amide bonds. The van der Waals surface area contributed by atoms with E-state index in [4.69, 9.17) is 0 Å². The van der Waals surface area contributed by atoms with Crippen LogP contribution in [-0.4, -0.2) is 41.1 Å². The second kappa shape index (κ2) is 5.10. The van der Waals surface area contributed by atoms with E-state index in [1.165, 1.54) is 0 Å². The second-order valence-corrected chi connectivity index (χ2v) is 7.70. The molecule has 1 fully saturated rings. The zero-order valence-electron chi connectivity index (χ0n) is 10.6. The summed E-state index contributed by atoms with van der Waals surface area (Å²) < 4.78 is 30.9. The zero-order chi connectivity index (χ0) is 14.2. The molecule has 0 aliphatic carbocycles. The molecule has 8 heteroatoms. The molecule has 2 aromatic rings. The van der Waals surface area contributed by atoms with Crippen LogP contribution in [0.15, 0.2) is 18.2 Å². The van der Waals surface area contributed by atoms with Crippen molar-refractivity contribution in [2.24, 2.45) is 5.92 Å². The van der Waals surface area contributed by atoms with E-state index < -0.39 is 9.84 Å². The minimum absolute atomic E-state index is 0.0219. The lowest BCUT2D eigenvalue weighted by Crippen LogP contribution is -2.29. The Morgan fingerprint density at radius 3 is 2.90 bits per heavy atom. The van der Waals surface area contributed by atoms with Crippen LogP contribution in [0.2, 0.25) is 0 Å². The van der Waals surface area contributed by atoms with Gasteiger partial charge in [0, 0.05) is 12.1 Å². The van der Waals surface area contributed by atoms with E-state index in [9.17, 15) is 13.2 Å². The minimum Gasteiger partial charge on any atom is -0.352 e. The molecular formula is C12H13N3O3S2. The van der Waals surface area contributed by atoms with Crippen molar-refractivity contribution in [3.8, 4) is 0 Å². The van der Waals surface area contributed by atoms with Gasteiger partial charge in [0.15, 0.2) is 9.84 Å². The lowest BCUT2D eigenvalue weighted by molar-refractivity contribution is 0.0948. The third-order valence-electron chi connectivity index (χ3n) is 3.39. The molecule has 0 saturated carbocycles. The summed E-state index contributed by atoms with van der Waals surface area (Å²) in [6, 6.07) is 5.15. The van der Waals surface area contributed by atoms with Crippen molar-refractivity contribution in [2.45, 2.75) is 6.42 Å². The quantitative estimate of drug-likeness (QED) is 0.908. The summed E-state index contributed by atoms with van der Waals surface area (Å²) in [5, 5.41) is 2.79. The lowest BCUT2D eigenvalue weighted by Gasteiger charge is -2.09.